The number of hydrogen-bond acceptors (Lipinski definition) is 3. The number of hydrogen-bond donors (Lipinski definition) is 0. The van der Waals surface area contributed by atoms with Crippen LogP contribution < -0.4 is 0 Å². The minimum atomic E-state index is 0.0185. The van der Waals surface area contributed by atoms with Crippen molar-refractivity contribution in [2.45, 2.75) is 33.1 Å². The summed E-state index contributed by atoms with van der Waals surface area (Å²) in [5.41, 5.74) is 0.673. The van der Waals surface area contributed by atoms with Crippen LogP contribution in [0.25, 0.3) is 0 Å². The van der Waals surface area contributed by atoms with Crippen LogP contribution in [0.3, 0.4) is 0 Å². The molecule has 0 bridgehead atoms. The van der Waals surface area contributed by atoms with Crippen molar-refractivity contribution in [2.24, 2.45) is 5.92 Å². The smallest absolute Gasteiger partial charge is 0.170 e. The topological polar surface area (TPSA) is 47.3 Å². The lowest BCUT2D eigenvalue weighted by Crippen LogP contribution is -2.05. The molecule has 0 radical (unpaired) electrons. The van der Waals surface area contributed by atoms with Gasteiger partial charge in [0.05, 0.1) is 12.8 Å². The van der Waals surface area contributed by atoms with E-state index in [2.05, 4.69) is 0 Å². The second-order valence-electron chi connectivity index (χ2n) is 5.65. The van der Waals surface area contributed by atoms with Gasteiger partial charge >= 0.3 is 0 Å². The van der Waals surface area contributed by atoms with E-state index in [1.807, 2.05) is 32.0 Å². The van der Waals surface area contributed by atoms with E-state index in [1.54, 1.807) is 24.3 Å². The Balaban J connectivity index is 1.94. The Morgan fingerprint density at radius 2 is 1.57 bits per heavy atom. The Bertz CT molecular complexity index is 608. The third-order valence-corrected chi connectivity index (χ3v) is 3.16. The highest BCUT2D eigenvalue weighted by atomic mass is 16.3. The number of furan rings is 1. The zero-order valence-electron chi connectivity index (χ0n) is 12.5. The molecule has 3 heteroatoms. The van der Waals surface area contributed by atoms with Gasteiger partial charge in [0, 0.05) is 12.0 Å². The predicted octanol–water partition coefficient (Wildman–Crippen LogP) is 3.86. The van der Waals surface area contributed by atoms with Gasteiger partial charge in [-0.2, -0.15) is 0 Å². The maximum absolute atomic E-state index is 12.1. The number of benzene rings is 1. The van der Waals surface area contributed by atoms with Gasteiger partial charge in [-0.05, 0) is 18.1 Å². The molecule has 0 amide bonds. The predicted molar refractivity (Wildman–Crippen MR) is 81.4 cm³/mol. The van der Waals surface area contributed by atoms with E-state index in [0.29, 0.717) is 35.8 Å². The van der Waals surface area contributed by atoms with Crippen molar-refractivity contribution in [3.05, 3.63) is 59.5 Å². The lowest BCUT2D eigenvalue weighted by molar-refractivity contribution is -0.119. The summed E-state index contributed by atoms with van der Waals surface area (Å²) in [7, 11) is 0. The van der Waals surface area contributed by atoms with Crippen LogP contribution in [0.15, 0.2) is 46.9 Å². The summed E-state index contributed by atoms with van der Waals surface area (Å²) < 4.78 is 5.59. The van der Waals surface area contributed by atoms with E-state index in [9.17, 15) is 9.59 Å². The molecule has 2 rings (SSSR count). The van der Waals surface area contributed by atoms with E-state index in [1.165, 1.54) is 0 Å². The molecule has 3 nitrogen and oxygen atoms in total. The van der Waals surface area contributed by atoms with E-state index in [4.69, 9.17) is 4.42 Å². The Morgan fingerprint density at radius 1 is 0.952 bits per heavy atom. The number of ketones is 2. The fraction of sp³-hybridized carbons (Fsp3) is 0.333. The first-order valence-corrected chi connectivity index (χ1v) is 7.22. The van der Waals surface area contributed by atoms with Crippen LogP contribution in [-0.4, -0.2) is 11.6 Å². The van der Waals surface area contributed by atoms with Crippen molar-refractivity contribution in [3.8, 4) is 0 Å². The summed E-state index contributed by atoms with van der Waals surface area (Å²) in [6, 6.07) is 12.7. The molecule has 2 aromatic rings. The Labute approximate surface area is 125 Å². The highest BCUT2D eigenvalue weighted by molar-refractivity contribution is 5.97. The van der Waals surface area contributed by atoms with Crippen LogP contribution in [-0.2, 0) is 17.6 Å². The minimum Gasteiger partial charge on any atom is -0.465 e. The fourth-order valence-electron chi connectivity index (χ4n) is 2.22. The summed E-state index contributed by atoms with van der Waals surface area (Å²) >= 11 is 0. The Hall–Kier alpha value is -2.16. The molecule has 0 saturated carbocycles. The largest absolute Gasteiger partial charge is 0.465 e. The third kappa shape index (κ3) is 4.71. The van der Waals surface area contributed by atoms with Gasteiger partial charge in [-0.1, -0.05) is 44.2 Å². The summed E-state index contributed by atoms with van der Waals surface area (Å²) in [5.74, 6) is 1.78. The van der Waals surface area contributed by atoms with Gasteiger partial charge < -0.3 is 4.42 Å². The van der Waals surface area contributed by atoms with Crippen LogP contribution in [0, 0.1) is 5.92 Å². The van der Waals surface area contributed by atoms with Crippen LogP contribution in [0.2, 0.25) is 0 Å². The zero-order chi connectivity index (χ0) is 15.2. The molecular formula is C18H20O3. The highest BCUT2D eigenvalue weighted by Crippen LogP contribution is 2.14. The maximum Gasteiger partial charge on any atom is 0.170 e. The molecule has 0 aliphatic heterocycles. The third-order valence-electron chi connectivity index (χ3n) is 3.16. The van der Waals surface area contributed by atoms with Gasteiger partial charge in [-0.3, -0.25) is 9.59 Å². The monoisotopic (exact) mass is 284 g/mol. The number of rotatable bonds is 7. The maximum atomic E-state index is 12.1. The highest BCUT2D eigenvalue weighted by Gasteiger charge is 2.12. The molecule has 21 heavy (non-hydrogen) atoms. The molecule has 0 N–H and O–H groups in total. The molecule has 0 spiro atoms. The second-order valence-corrected chi connectivity index (χ2v) is 5.65. The summed E-state index contributed by atoms with van der Waals surface area (Å²) in [6.07, 6.45) is 1.08. The molecule has 1 aromatic carbocycles. The first-order chi connectivity index (χ1) is 10.0. The average molecular weight is 284 g/mol. The Kier molecular flexibility index (Phi) is 5.09. The van der Waals surface area contributed by atoms with Gasteiger partial charge in [0.2, 0.25) is 0 Å². The molecule has 1 aromatic heterocycles. The van der Waals surface area contributed by atoms with Crippen molar-refractivity contribution < 1.29 is 14.0 Å². The van der Waals surface area contributed by atoms with Gasteiger partial charge in [0.1, 0.15) is 17.3 Å². The van der Waals surface area contributed by atoms with Crippen molar-refractivity contribution in [3.63, 3.8) is 0 Å². The van der Waals surface area contributed by atoms with Gasteiger partial charge in [-0.15, -0.1) is 0 Å². The van der Waals surface area contributed by atoms with E-state index in [0.717, 1.165) is 0 Å². The molecule has 0 atom stereocenters. The van der Waals surface area contributed by atoms with E-state index >= 15 is 0 Å². The van der Waals surface area contributed by atoms with Crippen LogP contribution in [0.5, 0.6) is 0 Å². The molecule has 0 saturated heterocycles. The molecule has 1 heterocycles. The van der Waals surface area contributed by atoms with E-state index < -0.39 is 0 Å². The van der Waals surface area contributed by atoms with Gasteiger partial charge in [-0.25, -0.2) is 0 Å². The lowest BCUT2D eigenvalue weighted by Gasteiger charge is -2.02. The summed E-state index contributed by atoms with van der Waals surface area (Å²) in [5, 5.41) is 0. The van der Waals surface area contributed by atoms with Crippen molar-refractivity contribution in [1.29, 1.82) is 0 Å². The first-order valence-electron chi connectivity index (χ1n) is 7.22. The van der Waals surface area contributed by atoms with Crippen molar-refractivity contribution in [2.75, 3.05) is 0 Å². The molecule has 0 aliphatic rings. The Morgan fingerprint density at radius 3 is 2.19 bits per heavy atom. The van der Waals surface area contributed by atoms with Crippen LogP contribution in [0.1, 0.15) is 42.1 Å². The average Bonchev–Trinajstić information content (AvgIpc) is 2.85. The SMILES string of the molecule is CC(C)CC(=O)Cc1ccc(CC(=O)c2ccccc2)o1. The number of Topliss-reactive ketones (excluding diaryl/α,β-unsaturated/α-hetero) is 2. The number of carbonyl (C=O) groups is 2. The summed E-state index contributed by atoms with van der Waals surface area (Å²) in [4.78, 5) is 23.8. The standard InChI is InChI=1S/C18H20O3/c1-13(2)10-15(19)11-16-8-9-17(21-16)12-18(20)14-6-4-3-5-7-14/h3-9,13H,10-12H2,1-2H3. The zero-order valence-corrected chi connectivity index (χ0v) is 12.5. The van der Waals surface area contributed by atoms with Gasteiger partial charge in [0.25, 0.3) is 0 Å². The lowest BCUT2D eigenvalue weighted by atomic mass is 10.0. The summed E-state index contributed by atoms with van der Waals surface area (Å²) in [6.45, 7) is 4.04. The number of carbonyl (C=O) groups excluding carboxylic acids is 2. The van der Waals surface area contributed by atoms with Crippen LogP contribution in [0.4, 0.5) is 0 Å². The molecule has 0 fully saturated rings. The first kappa shape index (κ1) is 15.2. The van der Waals surface area contributed by atoms with Crippen molar-refractivity contribution >= 4 is 11.6 Å². The van der Waals surface area contributed by atoms with E-state index in [-0.39, 0.29) is 18.0 Å². The quantitative estimate of drug-likeness (QED) is 0.725. The normalized spacial score (nSPS) is 10.8. The fourth-order valence-corrected chi connectivity index (χ4v) is 2.22. The van der Waals surface area contributed by atoms with Crippen LogP contribution >= 0.6 is 0 Å². The molecule has 110 valence electrons. The molecule has 0 aliphatic carbocycles. The van der Waals surface area contributed by atoms with Gasteiger partial charge in [0.15, 0.2) is 5.78 Å². The molecule has 0 unspecified atom stereocenters. The molecular weight excluding hydrogens is 264 g/mol. The second kappa shape index (κ2) is 7.02. The van der Waals surface area contributed by atoms with Crippen molar-refractivity contribution in [1.82, 2.24) is 0 Å². The minimum absolute atomic E-state index is 0.0185.